The molecule has 0 aliphatic heterocycles. The van der Waals surface area contributed by atoms with Gasteiger partial charge in [-0.3, -0.25) is 0 Å². The van der Waals surface area contributed by atoms with Crippen molar-refractivity contribution in [2.75, 3.05) is 6.61 Å². The number of benzene rings is 3. The Hall–Kier alpha value is -3.57. The molecule has 3 aromatic carbocycles. The van der Waals surface area contributed by atoms with E-state index >= 15 is 0 Å². The van der Waals surface area contributed by atoms with E-state index in [0.717, 1.165) is 16.7 Å². The number of nitrogens with zero attached hydrogens (tertiary/aromatic N) is 3. The highest BCUT2D eigenvalue weighted by Gasteiger charge is 2.15. The van der Waals surface area contributed by atoms with Crippen molar-refractivity contribution in [2.45, 2.75) is 6.10 Å². The first-order valence-electron chi connectivity index (χ1n) is 9.02. The predicted molar refractivity (Wildman–Crippen MR) is 108 cm³/mol. The van der Waals surface area contributed by atoms with Crippen molar-refractivity contribution >= 4 is 0 Å². The topological polar surface area (TPSA) is 68.1 Å². The van der Waals surface area contributed by atoms with E-state index in [1.165, 1.54) is 0 Å². The summed E-state index contributed by atoms with van der Waals surface area (Å²) >= 11 is 0. The summed E-state index contributed by atoms with van der Waals surface area (Å²) in [6.07, 6.45) is -0.765. The molecule has 0 spiro atoms. The third-order valence-electron chi connectivity index (χ3n) is 4.32. The van der Waals surface area contributed by atoms with Crippen molar-refractivity contribution in [1.82, 2.24) is 15.2 Å². The van der Waals surface area contributed by atoms with Gasteiger partial charge < -0.3 is 9.84 Å². The molecular weight excluding hydrogens is 350 g/mol. The van der Waals surface area contributed by atoms with Crippen molar-refractivity contribution in [2.24, 2.45) is 0 Å². The van der Waals surface area contributed by atoms with Gasteiger partial charge in [0.2, 0.25) is 0 Å². The molecule has 0 radical (unpaired) electrons. The number of ether oxygens (including phenoxy) is 1. The van der Waals surface area contributed by atoms with Crippen LogP contribution in [0, 0.1) is 0 Å². The number of hydrogen-bond acceptors (Lipinski definition) is 5. The second-order valence-corrected chi connectivity index (χ2v) is 6.26. The minimum Gasteiger partial charge on any atom is -0.459 e. The predicted octanol–water partition coefficient (Wildman–Crippen LogP) is 4.32. The second kappa shape index (κ2) is 8.41. The summed E-state index contributed by atoms with van der Waals surface area (Å²) in [5.74, 6) is 0. The summed E-state index contributed by atoms with van der Waals surface area (Å²) < 4.78 is 5.64. The average molecular weight is 369 g/mol. The highest BCUT2D eigenvalue weighted by molar-refractivity contribution is 5.77. The second-order valence-electron chi connectivity index (χ2n) is 6.26. The SMILES string of the molecule is OC(COc1nnc(-c2ccccc2)c(-c2ccccc2)n1)c1ccccc1. The van der Waals surface area contributed by atoms with E-state index in [1.54, 1.807) is 0 Å². The highest BCUT2D eigenvalue weighted by atomic mass is 16.5. The van der Waals surface area contributed by atoms with Crippen LogP contribution in [-0.2, 0) is 0 Å². The Bertz CT molecular complexity index is 1030. The van der Waals surface area contributed by atoms with Crippen molar-refractivity contribution in [3.05, 3.63) is 96.6 Å². The molecule has 1 N–H and O–H groups in total. The molecule has 5 nitrogen and oxygen atoms in total. The Morgan fingerprint density at radius 3 is 1.82 bits per heavy atom. The van der Waals surface area contributed by atoms with Crippen LogP contribution in [0.5, 0.6) is 6.01 Å². The molecule has 0 saturated carbocycles. The van der Waals surface area contributed by atoms with Gasteiger partial charge in [0.1, 0.15) is 24.1 Å². The maximum Gasteiger partial charge on any atom is 0.336 e. The first-order chi connectivity index (χ1) is 13.8. The van der Waals surface area contributed by atoms with Gasteiger partial charge >= 0.3 is 6.01 Å². The zero-order valence-electron chi connectivity index (χ0n) is 15.1. The molecule has 28 heavy (non-hydrogen) atoms. The summed E-state index contributed by atoms with van der Waals surface area (Å²) in [5.41, 5.74) is 4.00. The van der Waals surface area contributed by atoms with Gasteiger partial charge in [-0.05, 0) is 5.56 Å². The number of rotatable bonds is 6. The van der Waals surface area contributed by atoms with Gasteiger partial charge in [-0.25, -0.2) is 0 Å². The molecule has 1 aromatic heterocycles. The largest absolute Gasteiger partial charge is 0.459 e. The Kier molecular flexibility index (Phi) is 5.36. The number of hydrogen-bond donors (Lipinski definition) is 1. The Balaban J connectivity index is 1.63. The third kappa shape index (κ3) is 4.05. The van der Waals surface area contributed by atoms with Crippen molar-refractivity contribution < 1.29 is 9.84 Å². The van der Waals surface area contributed by atoms with Gasteiger partial charge in [-0.15, -0.1) is 5.10 Å². The monoisotopic (exact) mass is 369 g/mol. The molecule has 0 fully saturated rings. The molecule has 0 bridgehead atoms. The maximum absolute atomic E-state index is 10.3. The van der Waals surface area contributed by atoms with Crippen LogP contribution in [0.2, 0.25) is 0 Å². The van der Waals surface area contributed by atoms with Crippen LogP contribution >= 0.6 is 0 Å². The van der Waals surface area contributed by atoms with E-state index in [1.807, 2.05) is 91.0 Å². The molecular formula is C23H19N3O2. The first-order valence-corrected chi connectivity index (χ1v) is 9.02. The zero-order chi connectivity index (χ0) is 19.2. The van der Waals surface area contributed by atoms with Crippen LogP contribution in [0.15, 0.2) is 91.0 Å². The molecule has 0 amide bonds. The van der Waals surface area contributed by atoms with Crippen LogP contribution in [0.4, 0.5) is 0 Å². The van der Waals surface area contributed by atoms with E-state index < -0.39 is 6.10 Å². The van der Waals surface area contributed by atoms with Crippen LogP contribution in [-0.4, -0.2) is 26.9 Å². The quantitative estimate of drug-likeness (QED) is 0.548. The fourth-order valence-corrected chi connectivity index (χ4v) is 2.88. The van der Waals surface area contributed by atoms with Gasteiger partial charge in [-0.1, -0.05) is 96.1 Å². The van der Waals surface area contributed by atoms with Gasteiger partial charge in [0.15, 0.2) is 0 Å². The van der Waals surface area contributed by atoms with Crippen molar-refractivity contribution in [1.29, 1.82) is 0 Å². The summed E-state index contributed by atoms with van der Waals surface area (Å²) in [6, 6.07) is 29.1. The fraction of sp³-hybridized carbons (Fsp3) is 0.0870. The average Bonchev–Trinajstić information content (AvgIpc) is 2.79. The Morgan fingerprint density at radius 2 is 1.21 bits per heavy atom. The van der Waals surface area contributed by atoms with Gasteiger partial charge in [0.25, 0.3) is 0 Å². The Morgan fingerprint density at radius 1 is 0.679 bits per heavy atom. The molecule has 5 heteroatoms. The molecule has 138 valence electrons. The van der Waals surface area contributed by atoms with E-state index in [0.29, 0.717) is 11.4 Å². The molecule has 1 unspecified atom stereocenters. The molecule has 4 aromatic rings. The fourth-order valence-electron chi connectivity index (χ4n) is 2.88. The van der Waals surface area contributed by atoms with Crippen LogP contribution < -0.4 is 4.74 Å². The summed E-state index contributed by atoms with van der Waals surface area (Å²) in [7, 11) is 0. The van der Waals surface area contributed by atoms with E-state index in [9.17, 15) is 5.11 Å². The lowest BCUT2D eigenvalue weighted by Crippen LogP contribution is -2.12. The van der Waals surface area contributed by atoms with Crippen LogP contribution in [0.25, 0.3) is 22.5 Å². The standard InChI is InChI=1S/C23H19N3O2/c27-20(17-10-4-1-5-11-17)16-28-23-24-21(18-12-6-2-7-13-18)22(25-26-23)19-14-8-3-9-15-19/h1-15,20,27H,16H2. The molecule has 4 rings (SSSR count). The molecule has 0 aliphatic carbocycles. The maximum atomic E-state index is 10.3. The highest BCUT2D eigenvalue weighted by Crippen LogP contribution is 2.29. The minimum atomic E-state index is -0.765. The van der Waals surface area contributed by atoms with E-state index in [4.69, 9.17) is 4.74 Å². The lowest BCUT2D eigenvalue weighted by molar-refractivity contribution is 0.102. The van der Waals surface area contributed by atoms with Crippen molar-refractivity contribution in [3.63, 3.8) is 0 Å². The van der Waals surface area contributed by atoms with Gasteiger partial charge in [-0.2, -0.15) is 4.98 Å². The molecule has 1 heterocycles. The van der Waals surface area contributed by atoms with E-state index in [2.05, 4.69) is 15.2 Å². The molecule has 0 aliphatic rings. The lowest BCUT2D eigenvalue weighted by Gasteiger charge is -2.13. The van der Waals surface area contributed by atoms with Crippen molar-refractivity contribution in [3.8, 4) is 28.5 Å². The summed E-state index contributed by atoms with van der Waals surface area (Å²) in [6.45, 7) is 0.0462. The van der Waals surface area contributed by atoms with Crippen LogP contribution in [0.3, 0.4) is 0 Å². The van der Waals surface area contributed by atoms with Gasteiger partial charge in [0, 0.05) is 11.1 Å². The van der Waals surface area contributed by atoms with E-state index in [-0.39, 0.29) is 12.6 Å². The van der Waals surface area contributed by atoms with Crippen LogP contribution in [0.1, 0.15) is 11.7 Å². The summed E-state index contributed by atoms with van der Waals surface area (Å²) in [4.78, 5) is 4.58. The summed E-state index contributed by atoms with van der Waals surface area (Å²) in [5, 5.41) is 18.8. The number of aliphatic hydroxyl groups excluding tert-OH is 1. The molecule has 1 atom stereocenters. The minimum absolute atomic E-state index is 0.0462. The molecule has 0 saturated heterocycles. The third-order valence-corrected chi connectivity index (χ3v) is 4.32. The lowest BCUT2D eigenvalue weighted by atomic mass is 10.0. The zero-order valence-corrected chi connectivity index (χ0v) is 15.1. The number of aromatic nitrogens is 3. The van der Waals surface area contributed by atoms with Gasteiger partial charge in [0.05, 0.1) is 0 Å². The Labute approximate surface area is 163 Å². The first kappa shape index (κ1) is 17.8. The smallest absolute Gasteiger partial charge is 0.336 e. The normalized spacial score (nSPS) is 11.8. The number of aliphatic hydroxyl groups is 1.